The van der Waals surface area contributed by atoms with Gasteiger partial charge in [0.2, 0.25) is 0 Å². The third-order valence-electron chi connectivity index (χ3n) is 2.34. The molecule has 3 aromatic rings. The van der Waals surface area contributed by atoms with Gasteiger partial charge in [0, 0.05) is 30.4 Å². The lowest BCUT2D eigenvalue weighted by Crippen LogP contribution is -1.90. The number of rotatable bonds is 2. The van der Waals surface area contributed by atoms with E-state index in [1.807, 2.05) is 18.3 Å². The van der Waals surface area contributed by atoms with Crippen molar-refractivity contribution in [2.75, 3.05) is 0 Å². The molecule has 0 aromatic carbocycles. The largest absolute Gasteiger partial charge is 0.477 e. The first kappa shape index (κ1) is 9.98. The summed E-state index contributed by atoms with van der Waals surface area (Å²) in [5, 5.41) is 8.85. The van der Waals surface area contributed by atoms with Gasteiger partial charge in [-0.2, -0.15) is 0 Å². The smallest absolute Gasteiger partial charge is 0.347 e. The molecule has 0 radical (unpaired) electrons. The monoisotopic (exact) mass is 245 g/mol. The van der Waals surface area contributed by atoms with Crippen LogP contribution in [-0.2, 0) is 0 Å². The number of aromatic nitrogens is 3. The number of carbonyl (C=O) groups is 1. The van der Waals surface area contributed by atoms with E-state index in [9.17, 15) is 4.79 Å². The van der Waals surface area contributed by atoms with E-state index in [1.54, 1.807) is 23.0 Å². The van der Waals surface area contributed by atoms with Gasteiger partial charge in [0.15, 0.2) is 4.96 Å². The molecule has 84 valence electrons. The van der Waals surface area contributed by atoms with Crippen LogP contribution in [0.5, 0.6) is 0 Å². The average molecular weight is 245 g/mol. The number of imidazole rings is 1. The zero-order valence-corrected chi connectivity index (χ0v) is 9.39. The molecule has 0 spiro atoms. The molecule has 0 saturated carbocycles. The van der Waals surface area contributed by atoms with Crippen molar-refractivity contribution in [3.8, 4) is 11.3 Å². The van der Waals surface area contributed by atoms with Crippen LogP contribution in [0.4, 0.5) is 0 Å². The van der Waals surface area contributed by atoms with Crippen LogP contribution in [-0.4, -0.2) is 25.4 Å². The van der Waals surface area contributed by atoms with Crippen LogP contribution >= 0.6 is 11.3 Å². The highest BCUT2D eigenvalue weighted by Crippen LogP contribution is 2.23. The Morgan fingerprint density at radius 3 is 2.71 bits per heavy atom. The van der Waals surface area contributed by atoms with Gasteiger partial charge in [-0.3, -0.25) is 9.38 Å². The topological polar surface area (TPSA) is 67.5 Å². The van der Waals surface area contributed by atoms with Crippen LogP contribution in [0.3, 0.4) is 0 Å². The predicted molar refractivity (Wildman–Crippen MR) is 63.3 cm³/mol. The van der Waals surface area contributed by atoms with E-state index in [0.717, 1.165) is 22.6 Å². The van der Waals surface area contributed by atoms with Crippen LogP contribution < -0.4 is 0 Å². The lowest BCUT2D eigenvalue weighted by molar-refractivity contribution is 0.0702. The molecular formula is C11H7N3O2S. The van der Waals surface area contributed by atoms with Crippen molar-refractivity contribution in [1.29, 1.82) is 0 Å². The molecule has 3 aromatic heterocycles. The van der Waals surface area contributed by atoms with Crippen LogP contribution in [0.1, 0.15) is 9.67 Å². The molecule has 0 aliphatic rings. The van der Waals surface area contributed by atoms with Crippen molar-refractivity contribution in [2.24, 2.45) is 0 Å². The summed E-state index contributed by atoms with van der Waals surface area (Å²) in [5.74, 6) is -0.925. The average Bonchev–Trinajstić information content (AvgIpc) is 2.87. The van der Waals surface area contributed by atoms with E-state index in [-0.39, 0.29) is 4.88 Å². The van der Waals surface area contributed by atoms with Crippen LogP contribution in [0.25, 0.3) is 16.2 Å². The van der Waals surface area contributed by atoms with Crippen molar-refractivity contribution in [2.45, 2.75) is 0 Å². The number of carboxylic acid groups (broad SMARTS) is 1. The molecule has 3 heterocycles. The Morgan fingerprint density at radius 2 is 2.06 bits per heavy atom. The zero-order valence-electron chi connectivity index (χ0n) is 8.57. The third kappa shape index (κ3) is 1.68. The minimum absolute atomic E-state index is 0.286. The normalized spacial score (nSPS) is 10.8. The van der Waals surface area contributed by atoms with Crippen LogP contribution in [0, 0.1) is 0 Å². The molecule has 3 rings (SSSR count). The molecule has 0 aliphatic heterocycles. The molecule has 0 atom stereocenters. The minimum atomic E-state index is -0.925. The number of nitrogens with zero attached hydrogens (tertiary/aromatic N) is 3. The minimum Gasteiger partial charge on any atom is -0.477 e. The maximum absolute atomic E-state index is 10.8. The molecule has 17 heavy (non-hydrogen) atoms. The zero-order chi connectivity index (χ0) is 11.8. The Hall–Kier alpha value is -2.21. The summed E-state index contributed by atoms with van der Waals surface area (Å²) in [4.78, 5) is 20.1. The van der Waals surface area contributed by atoms with Gasteiger partial charge in [-0.15, -0.1) is 0 Å². The summed E-state index contributed by atoms with van der Waals surface area (Å²) < 4.78 is 1.73. The van der Waals surface area contributed by atoms with Crippen molar-refractivity contribution < 1.29 is 9.90 Å². The lowest BCUT2D eigenvalue weighted by atomic mass is 10.2. The SMILES string of the molecule is O=C(O)c1cn2cc(-c3ccncc3)nc2s1. The number of hydrogen-bond acceptors (Lipinski definition) is 4. The molecule has 5 nitrogen and oxygen atoms in total. The first-order chi connectivity index (χ1) is 8.24. The molecular weight excluding hydrogens is 238 g/mol. The number of aromatic carboxylic acids is 1. The van der Waals surface area contributed by atoms with Crippen LogP contribution in [0.2, 0.25) is 0 Å². The van der Waals surface area contributed by atoms with E-state index in [2.05, 4.69) is 9.97 Å². The van der Waals surface area contributed by atoms with Gasteiger partial charge in [0.1, 0.15) is 4.88 Å². The first-order valence-electron chi connectivity index (χ1n) is 4.86. The summed E-state index contributed by atoms with van der Waals surface area (Å²) in [7, 11) is 0. The molecule has 0 amide bonds. The Balaban J connectivity index is 2.10. The highest BCUT2D eigenvalue weighted by atomic mass is 32.1. The molecule has 0 fully saturated rings. The van der Waals surface area contributed by atoms with Gasteiger partial charge in [-0.05, 0) is 12.1 Å². The number of carboxylic acids is 1. The standard InChI is InChI=1S/C11H7N3O2S/c15-10(16)9-6-14-5-8(13-11(14)17-9)7-1-3-12-4-2-7/h1-6H,(H,15,16). The third-order valence-corrected chi connectivity index (χ3v) is 3.33. The fourth-order valence-electron chi connectivity index (χ4n) is 1.56. The summed E-state index contributed by atoms with van der Waals surface area (Å²) >= 11 is 1.16. The number of thiazole rings is 1. The maximum Gasteiger partial charge on any atom is 0.347 e. The second kappa shape index (κ2) is 3.67. The van der Waals surface area contributed by atoms with E-state index < -0.39 is 5.97 Å². The molecule has 0 unspecified atom stereocenters. The Bertz CT molecular complexity index is 656. The fourth-order valence-corrected chi connectivity index (χ4v) is 2.36. The molecule has 0 saturated heterocycles. The molecule has 1 N–H and O–H groups in total. The Kier molecular flexibility index (Phi) is 2.15. The highest BCUT2D eigenvalue weighted by Gasteiger charge is 2.11. The number of pyridine rings is 1. The molecule has 6 heteroatoms. The lowest BCUT2D eigenvalue weighted by Gasteiger charge is -1.92. The van der Waals surface area contributed by atoms with E-state index in [1.165, 1.54) is 0 Å². The Morgan fingerprint density at radius 1 is 1.29 bits per heavy atom. The van der Waals surface area contributed by atoms with Crippen molar-refractivity contribution in [3.63, 3.8) is 0 Å². The second-order valence-electron chi connectivity index (χ2n) is 3.45. The van der Waals surface area contributed by atoms with Gasteiger partial charge in [0.05, 0.1) is 5.69 Å². The van der Waals surface area contributed by atoms with Gasteiger partial charge in [-0.25, -0.2) is 9.78 Å². The maximum atomic E-state index is 10.8. The van der Waals surface area contributed by atoms with Crippen molar-refractivity contribution in [3.05, 3.63) is 41.8 Å². The van der Waals surface area contributed by atoms with Crippen LogP contribution in [0.15, 0.2) is 36.9 Å². The van der Waals surface area contributed by atoms with E-state index >= 15 is 0 Å². The van der Waals surface area contributed by atoms with E-state index in [4.69, 9.17) is 5.11 Å². The van der Waals surface area contributed by atoms with E-state index in [0.29, 0.717) is 4.96 Å². The van der Waals surface area contributed by atoms with Crippen molar-refractivity contribution >= 4 is 22.3 Å². The second-order valence-corrected chi connectivity index (χ2v) is 4.46. The quantitative estimate of drug-likeness (QED) is 0.751. The summed E-state index contributed by atoms with van der Waals surface area (Å²) in [6.45, 7) is 0. The van der Waals surface area contributed by atoms with Crippen molar-refractivity contribution in [1.82, 2.24) is 14.4 Å². The summed E-state index contributed by atoms with van der Waals surface area (Å²) in [5.41, 5.74) is 1.78. The molecule has 0 bridgehead atoms. The Labute approximate surface area is 100 Å². The highest BCUT2D eigenvalue weighted by molar-refractivity contribution is 7.18. The predicted octanol–water partition coefficient (Wildman–Crippen LogP) is 2.16. The fraction of sp³-hybridized carbons (Fsp3) is 0. The van der Waals surface area contributed by atoms with Gasteiger partial charge >= 0.3 is 5.97 Å². The van der Waals surface area contributed by atoms with Gasteiger partial charge in [0.25, 0.3) is 0 Å². The summed E-state index contributed by atoms with van der Waals surface area (Å²) in [6.07, 6.45) is 6.78. The number of fused-ring (bicyclic) bond motifs is 1. The number of hydrogen-bond donors (Lipinski definition) is 1. The van der Waals surface area contributed by atoms with Gasteiger partial charge < -0.3 is 5.11 Å². The first-order valence-corrected chi connectivity index (χ1v) is 5.68. The summed E-state index contributed by atoms with van der Waals surface area (Å²) in [6, 6.07) is 3.73. The van der Waals surface area contributed by atoms with Gasteiger partial charge in [-0.1, -0.05) is 11.3 Å². The molecule has 0 aliphatic carbocycles.